The summed E-state index contributed by atoms with van der Waals surface area (Å²) in [6.07, 6.45) is 2.74. The van der Waals surface area contributed by atoms with E-state index < -0.39 is 26.4 Å². The molecule has 0 N–H and O–H groups in total. The van der Waals surface area contributed by atoms with Gasteiger partial charge in [0.1, 0.15) is 0 Å². The minimum Gasteiger partial charge on any atom is -0.377 e. The third-order valence-electron chi connectivity index (χ3n) is 5.78. The van der Waals surface area contributed by atoms with Crippen molar-refractivity contribution in [3.8, 4) is 0 Å². The Kier molecular flexibility index (Phi) is 18.7. The molecule has 0 spiro atoms. The summed E-state index contributed by atoms with van der Waals surface area (Å²) in [6.45, 7) is 7.78. The van der Waals surface area contributed by atoms with E-state index in [0.717, 1.165) is 57.0 Å². The SMILES string of the molecule is CCO[Si](CCCN(CCC[Si](OC)(OC)OC)CCC[Si](OC)(OC)OCC)(OC)OC. The fourth-order valence-corrected chi connectivity index (χ4v) is 9.52. The van der Waals surface area contributed by atoms with Crippen molar-refractivity contribution in [1.82, 2.24) is 4.90 Å². The van der Waals surface area contributed by atoms with Gasteiger partial charge in [0.05, 0.1) is 0 Å². The fourth-order valence-electron chi connectivity index (χ4n) is 3.84. The molecule has 0 aliphatic rings. The van der Waals surface area contributed by atoms with Crippen molar-refractivity contribution < 1.29 is 39.8 Å². The summed E-state index contributed by atoms with van der Waals surface area (Å²) in [4.78, 5) is 2.44. The predicted molar refractivity (Wildman–Crippen MR) is 134 cm³/mol. The highest BCUT2D eigenvalue weighted by Crippen LogP contribution is 2.20. The molecule has 0 saturated heterocycles. The van der Waals surface area contributed by atoms with Crippen LogP contribution in [0.4, 0.5) is 0 Å². The zero-order valence-corrected chi connectivity index (χ0v) is 25.4. The van der Waals surface area contributed by atoms with Crippen LogP contribution in [0, 0.1) is 0 Å². The molecule has 200 valence electrons. The molecule has 0 aromatic rings. The average molecular weight is 532 g/mol. The number of hydrogen-bond acceptors (Lipinski definition) is 10. The van der Waals surface area contributed by atoms with Crippen molar-refractivity contribution in [2.75, 3.05) is 82.6 Å². The molecule has 0 rings (SSSR count). The van der Waals surface area contributed by atoms with E-state index in [-0.39, 0.29) is 0 Å². The lowest BCUT2D eigenvalue weighted by atomic mass is 10.3. The van der Waals surface area contributed by atoms with Crippen LogP contribution in [0.2, 0.25) is 18.1 Å². The Morgan fingerprint density at radius 3 is 0.970 bits per heavy atom. The number of nitrogens with zero attached hydrogens (tertiary/aromatic N) is 1. The largest absolute Gasteiger partial charge is 0.500 e. The van der Waals surface area contributed by atoms with E-state index in [9.17, 15) is 0 Å². The molecule has 13 heteroatoms. The second kappa shape index (κ2) is 18.5. The van der Waals surface area contributed by atoms with E-state index in [0.29, 0.717) is 13.2 Å². The Hall–Kier alpha value is 0.251. The molecule has 10 nitrogen and oxygen atoms in total. The Labute approximate surface area is 205 Å². The highest BCUT2D eigenvalue weighted by atomic mass is 28.4. The first-order valence-electron chi connectivity index (χ1n) is 11.7. The van der Waals surface area contributed by atoms with Crippen LogP contribution < -0.4 is 0 Å². The smallest absolute Gasteiger partial charge is 0.377 e. The molecule has 33 heavy (non-hydrogen) atoms. The summed E-state index contributed by atoms with van der Waals surface area (Å²) in [5.74, 6) is 0. The summed E-state index contributed by atoms with van der Waals surface area (Å²) in [7, 11) is 3.83. The Bertz CT molecular complexity index is 432. The monoisotopic (exact) mass is 531 g/mol. The molecule has 0 unspecified atom stereocenters. The van der Waals surface area contributed by atoms with E-state index in [2.05, 4.69) is 4.90 Å². The van der Waals surface area contributed by atoms with Gasteiger partial charge in [-0.25, -0.2) is 0 Å². The maximum absolute atomic E-state index is 5.85. The fraction of sp³-hybridized carbons (Fsp3) is 1.00. The maximum Gasteiger partial charge on any atom is 0.500 e. The molecule has 0 amide bonds. The molecule has 0 bridgehead atoms. The summed E-state index contributed by atoms with van der Waals surface area (Å²) in [5.41, 5.74) is 0. The molecule has 0 fully saturated rings. The van der Waals surface area contributed by atoms with Crippen molar-refractivity contribution in [2.24, 2.45) is 0 Å². The van der Waals surface area contributed by atoms with Crippen molar-refractivity contribution >= 4 is 26.4 Å². The standard InChI is InChI=1S/C20H49NO9Si3/c1-10-29-32(25-6,26-7)19-13-16-21(15-12-18-31(22-3,23-4)24-5)17-14-20-33(27-8,28-9)30-11-2/h10-20H2,1-9H3. The zero-order valence-electron chi connectivity index (χ0n) is 22.4. The maximum atomic E-state index is 5.85. The van der Waals surface area contributed by atoms with E-state index in [1.54, 1.807) is 49.8 Å². The third-order valence-corrected chi connectivity index (χ3v) is 14.5. The Balaban J connectivity index is 5.03. The van der Waals surface area contributed by atoms with Gasteiger partial charge < -0.3 is 44.7 Å². The van der Waals surface area contributed by atoms with Gasteiger partial charge in [-0.3, -0.25) is 0 Å². The minimum absolute atomic E-state index is 0.577. The molecule has 0 aliphatic heterocycles. The third kappa shape index (κ3) is 11.7. The van der Waals surface area contributed by atoms with E-state index in [1.165, 1.54) is 0 Å². The molecular formula is C20H49NO9Si3. The van der Waals surface area contributed by atoms with E-state index in [4.69, 9.17) is 39.8 Å². The molecule has 0 saturated carbocycles. The van der Waals surface area contributed by atoms with Crippen LogP contribution in [-0.4, -0.2) is 114 Å². The second-order valence-electron chi connectivity index (χ2n) is 7.50. The van der Waals surface area contributed by atoms with E-state index in [1.807, 2.05) is 13.8 Å². The van der Waals surface area contributed by atoms with Gasteiger partial charge in [0.2, 0.25) is 0 Å². The van der Waals surface area contributed by atoms with Gasteiger partial charge in [-0.2, -0.15) is 0 Å². The Morgan fingerprint density at radius 1 is 0.455 bits per heavy atom. The topological polar surface area (TPSA) is 86.3 Å². The van der Waals surface area contributed by atoms with Gasteiger partial charge in [0.25, 0.3) is 0 Å². The van der Waals surface area contributed by atoms with Crippen LogP contribution in [0.3, 0.4) is 0 Å². The first-order valence-corrected chi connectivity index (χ1v) is 17.5. The van der Waals surface area contributed by atoms with Crippen LogP contribution in [-0.2, 0) is 39.8 Å². The highest BCUT2D eigenvalue weighted by Gasteiger charge is 2.40. The molecule has 0 heterocycles. The summed E-state index contributed by atoms with van der Waals surface area (Å²) < 4.78 is 51.0. The van der Waals surface area contributed by atoms with Crippen LogP contribution in [0.1, 0.15) is 33.1 Å². The summed E-state index contributed by atoms with van der Waals surface area (Å²) >= 11 is 0. The second-order valence-corrected chi connectivity index (χ2v) is 16.5. The van der Waals surface area contributed by atoms with Crippen LogP contribution >= 0.6 is 0 Å². The van der Waals surface area contributed by atoms with Crippen LogP contribution in [0.25, 0.3) is 0 Å². The van der Waals surface area contributed by atoms with Crippen molar-refractivity contribution in [3.05, 3.63) is 0 Å². The predicted octanol–water partition coefficient (Wildman–Crippen LogP) is 2.87. The first-order chi connectivity index (χ1) is 15.8. The van der Waals surface area contributed by atoms with Gasteiger partial charge in [-0.05, 0) is 52.7 Å². The van der Waals surface area contributed by atoms with Crippen molar-refractivity contribution in [3.63, 3.8) is 0 Å². The number of hydrogen-bond donors (Lipinski definition) is 0. The van der Waals surface area contributed by atoms with E-state index >= 15 is 0 Å². The normalized spacial score (nSPS) is 13.3. The lowest BCUT2D eigenvalue weighted by Crippen LogP contribution is -2.45. The summed E-state index contributed by atoms with van der Waals surface area (Å²) in [6, 6.07) is 2.30. The average Bonchev–Trinajstić information content (AvgIpc) is 2.85. The lowest BCUT2D eigenvalue weighted by molar-refractivity contribution is 0.100. The molecule has 0 aliphatic carbocycles. The lowest BCUT2D eigenvalue weighted by Gasteiger charge is -2.30. The van der Waals surface area contributed by atoms with Gasteiger partial charge in [-0.15, -0.1) is 0 Å². The van der Waals surface area contributed by atoms with Gasteiger partial charge in [0.15, 0.2) is 0 Å². The van der Waals surface area contributed by atoms with Crippen LogP contribution in [0.15, 0.2) is 0 Å². The van der Waals surface area contributed by atoms with Crippen molar-refractivity contribution in [2.45, 2.75) is 51.2 Å². The quantitative estimate of drug-likeness (QED) is 0.183. The van der Waals surface area contributed by atoms with Gasteiger partial charge in [0, 0.05) is 81.1 Å². The molecule has 0 aromatic carbocycles. The highest BCUT2D eigenvalue weighted by molar-refractivity contribution is 6.61. The number of rotatable bonds is 23. The Morgan fingerprint density at radius 2 is 0.727 bits per heavy atom. The minimum atomic E-state index is -2.61. The molecule has 0 radical (unpaired) electrons. The molecule has 0 aromatic heterocycles. The van der Waals surface area contributed by atoms with Crippen molar-refractivity contribution in [1.29, 1.82) is 0 Å². The van der Waals surface area contributed by atoms with Gasteiger partial charge in [-0.1, -0.05) is 0 Å². The molecule has 0 atom stereocenters. The zero-order chi connectivity index (χ0) is 25.2. The van der Waals surface area contributed by atoms with Crippen LogP contribution in [0.5, 0.6) is 0 Å². The molecular weight excluding hydrogens is 482 g/mol. The van der Waals surface area contributed by atoms with Gasteiger partial charge >= 0.3 is 26.4 Å². The summed E-state index contributed by atoms with van der Waals surface area (Å²) in [5, 5.41) is 0. The first kappa shape index (κ1) is 33.3.